The molecule has 1 saturated heterocycles. The van der Waals surface area contributed by atoms with E-state index in [1.807, 2.05) is 20.8 Å². The topological polar surface area (TPSA) is 97.3 Å². The van der Waals surface area contributed by atoms with Gasteiger partial charge in [-0.1, -0.05) is 17.3 Å². The third kappa shape index (κ3) is 2.71. The van der Waals surface area contributed by atoms with Crippen LogP contribution in [0.15, 0.2) is 10.7 Å². The van der Waals surface area contributed by atoms with Gasteiger partial charge in [0.15, 0.2) is 0 Å². The van der Waals surface area contributed by atoms with Crippen LogP contribution in [0.1, 0.15) is 60.7 Å². The molecule has 0 aliphatic carbocycles. The molecule has 8 nitrogen and oxygen atoms in total. The molecule has 2 aromatic rings. The van der Waals surface area contributed by atoms with E-state index in [1.54, 1.807) is 22.7 Å². The normalized spacial score (nSPS) is 21.0. The molecule has 1 atom stereocenters. The zero-order valence-electron chi connectivity index (χ0n) is 14.5. The van der Waals surface area contributed by atoms with Gasteiger partial charge in [-0.2, -0.15) is 0 Å². The second-order valence-electron chi connectivity index (χ2n) is 6.61. The summed E-state index contributed by atoms with van der Waals surface area (Å²) in [4.78, 5) is 14.4. The molecule has 1 aliphatic rings. The van der Waals surface area contributed by atoms with Crippen LogP contribution in [0.3, 0.4) is 0 Å². The standard InChI is InChI=1S/C16H23N5O3/c1-5-12-14(11(4)18-24-12)15(22)20-7-6-16(23,9-20)13-8-21(10(2)3)19-17-13/h8,10,23H,5-7,9H2,1-4H3. The van der Waals surface area contributed by atoms with Crippen molar-refractivity contribution in [1.82, 2.24) is 25.1 Å². The number of rotatable bonds is 4. The number of aliphatic hydroxyl groups is 1. The van der Waals surface area contributed by atoms with Crippen LogP contribution in [0, 0.1) is 6.92 Å². The number of nitrogens with zero attached hydrogens (tertiary/aromatic N) is 5. The van der Waals surface area contributed by atoms with E-state index in [2.05, 4.69) is 15.5 Å². The van der Waals surface area contributed by atoms with Crippen molar-refractivity contribution in [2.75, 3.05) is 13.1 Å². The molecule has 8 heteroatoms. The van der Waals surface area contributed by atoms with Crippen molar-refractivity contribution in [2.45, 2.75) is 52.2 Å². The van der Waals surface area contributed by atoms with Gasteiger partial charge in [0, 0.05) is 25.4 Å². The lowest BCUT2D eigenvalue weighted by molar-refractivity contribution is 0.0381. The molecule has 1 unspecified atom stereocenters. The first-order valence-corrected chi connectivity index (χ1v) is 8.25. The first kappa shape index (κ1) is 16.6. The molecule has 0 saturated carbocycles. The largest absolute Gasteiger partial charge is 0.381 e. The smallest absolute Gasteiger partial charge is 0.259 e. The van der Waals surface area contributed by atoms with Gasteiger partial charge in [-0.15, -0.1) is 5.10 Å². The number of aromatic nitrogens is 4. The molecule has 130 valence electrons. The Hall–Kier alpha value is -2.22. The Morgan fingerprint density at radius 3 is 2.88 bits per heavy atom. The fraction of sp³-hybridized carbons (Fsp3) is 0.625. The van der Waals surface area contributed by atoms with E-state index in [0.717, 1.165) is 0 Å². The van der Waals surface area contributed by atoms with Gasteiger partial charge < -0.3 is 14.5 Å². The average molecular weight is 333 g/mol. The zero-order valence-corrected chi connectivity index (χ0v) is 14.5. The van der Waals surface area contributed by atoms with Crippen LogP contribution in [-0.4, -0.2) is 49.2 Å². The molecule has 1 amide bonds. The molecular weight excluding hydrogens is 310 g/mol. The molecule has 0 bridgehead atoms. The Bertz CT molecular complexity index is 751. The number of amides is 1. The highest BCUT2D eigenvalue weighted by atomic mass is 16.5. The third-order valence-corrected chi connectivity index (χ3v) is 4.52. The summed E-state index contributed by atoms with van der Waals surface area (Å²) in [6.45, 7) is 8.31. The molecule has 3 heterocycles. The molecule has 3 rings (SSSR count). The van der Waals surface area contributed by atoms with Crippen LogP contribution in [0.25, 0.3) is 0 Å². The maximum Gasteiger partial charge on any atom is 0.259 e. The highest BCUT2D eigenvalue weighted by Gasteiger charge is 2.43. The van der Waals surface area contributed by atoms with Gasteiger partial charge in [0.2, 0.25) is 0 Å². The fourth-order valence-corrected chi connectivity index (χ4v) is 3.01. The van der Waals surface area contributed by atoms with Gasteiger partial charge >= 0.3 is 0 Å². The Balaban J connectivity index is 1.81. The van der Waals surface area contributed by atoms with Gasteiger partial charge in [-0.25, -0.2) is 4.68 Å². The lowest BCUT2D eigenvalue weighted by Crippen LogP contribution is -2.35. The maximum absolute atomic E-state index is 12.8. The van der Waals surface area contributed by atoms with Gasteiger partial charge in [-0.05, 0) is 20.8 Å². The van der Waals surface area contributed by atoms with Crippen LogP contribution < -0.4 is 0 Å². The number of carbonyl (C=O) groups is 1. The lowest BCUT2D eigenvalue weighted by atomic mass is 10.00. The first-order valence-electron chi connectivity index (χ1n) is 8.25. The van der Waals surface area contributed by atoms with E-state index in [4.69, 9.17) is 4.52 Å². The van der Waals surface area contributed by atoms with Crippen LogP contribution in [0.4, 0.5) is 0 Å². The number of likely N-dealkylation sites (tertiary alicyclic amines) is 1. The third-order valence-electron chi connectivity index (χ3n) is 4.52. The van der Waals surface area contributed by atoms with Crippen LogP contribution in [-0.2, 0) is 12.0 Å². The van der Waals surface area contributed by atoms with E-state index in [0.29, 0.717) is 42.1 Å². The molecule has 24 heavy (non-hydrogen) atoms. The van der Waals surface area contributed by atoms with Gasteiger partial charge in [0.25, 0.3) is 5.91 Å². The summed E-state index contributed by atoms with van der Waals surface area (Å²) in [5, 5.41) is 22.9. The molecule has 1 fully saturated rings. The maximum atomic E-state index is 12.8. The van der Waals surface area contributed by atoms with E-state index in [-0.39, 0.29) is 18.5 Å². The van der Waals surface area contributed by atoms with Crippen molar-refractivity contribution in [1.29, 1.82) is 0 Å². The molecule has 0 spiro atoms. The van der Waals surface area contributed by atoms with E-state index < -0.39 is 5.60 Å². The van der Waals surface area contributed by atoms with Gasteiger partial charge in [0.1, 0.15) is 22.6 Å². The molecular formula is C16H23N5O3. The highest BCUT2D eigenvalue weighted by Crippen LogP contribution is 2.32. The van der Waals surface area contributed by atoms with Crippen molar-refractivity contribution in [3.63, 3.8) is 0 Å². The second kappa shape index (κ2) is 6.01. The zero-order chi connectivity index (χ0) is 17.5. The number of aryl methyl sites for hydroxylation is 2. The molecule has 1 aliphatic heterocycles. The Morgan fingerprint density at radius 2 is 2.25 bits per heavy atom. The van der Waals surface area contributed by atoms with E-state index in [1.165, 1.54) is 0 Å². The van der Waals surface area contributed by atoms with Crippen LogP contribution in [0.2, 0.25) is 0 Å². The minimum Gasteiger partial charge on any atom is -0.381 e. The van der Waals surface area contributed by atoms with E-state index in [9.17, 15) is 9.90 Å². The summed E-state index contributed by atoms with van der Waals surface area (Å²) in [6.07, 6.45) is 2.78. The lowest BCUT2D eigenvalue weighted by Gasteiger charge is -2.21. The van der Waals surface area contributed by atoms with Crippen molar-refractivity contribution in [2.24, 2.45) is 0 Å². The van der Waals surface area contributed by atoms with Crippen LogP contribution >= 0.6 is 0 Å². The summed E-state index contributed by atoms with van der Waals surface area (Å²) in [7, 11) is 0. The first-order chi connectivity index (χ1) is 11.4. The van der Waals surface area contributed by atoms with Crippen molar-refractivity contribution in [3.8, 4) is 0 Å². The molecule has 0 aromatic carbocycles. The average Bonchev–Trinajstić information content (AvgIpc) is 3.24. The number of β-amino-alcohol motifs (C(OH)–C–C–N with tert-alkyl or cyclic N) is 1. The van der Waals surface area contributed by atoms with Crippen molar-refractivity contribution in [3.05, 3.63) is 28.9 Å². The van der Waals surface area contributed by atoms with Crippen LogP contribution in [0.5, 0.6) is 0 Å². The highest BCUT2D eigenvalue weighted by molar-refractivity contribution is 5.96. The molecule has 2 aromatic heterocycles. The van der Waals surface area contributed by atoms with Gasteiger partial charge in [-0.3, -0.25) is 4.79 Å². The SMILES string of the molecule is CCc1onc(C)c1C(=O)N1CCC(O)(c2cn(C(C)C)nn2)C1. The van der Waals surface area contributed by atoms with Crippen molar-refractivity contribution >= 4 is 5.91 Å². The summed E-state index contributed by atoms with van der Waals surface area (Å²) in [5.74, 6) is 0.427. The summed E-state index contributed by atoms with van der Waals surface area (Å²) < 4.78 is 6.91. The fourth-order valence-electron chi connectivity index (χ4n) is 3.01. The minimum atomic E-state index is -1.17. The molecule has 0 radical (unpaired) electrons. The van der Waals surface area contributed by atoms with E-state index >= 15 is 0 Å². The monoisotopic (exact) mass is 333 g/mol. The molecule has 1 N–H and O–H groups in total. The summed E-state index contributed by atoms with van der Waals surface area (Å²) >= 11 is 0. The number of hydrogen-bond acceptors (Lipinski definition) is 6. The Labute approximate surface area is 140 Å². The van der Waals surface area contributed by atoms with Gasteiger partial charge in [0.05, 0.1) is 18.4 Å². The Kier molecular flexibility index (Phi) is 4.16. The summed E-state index contributed by atoms with van der Waals surface area (Å²) in [5.41, 5.74) is 0.426. The minimum absolute atomic E-state index is 0.155. The summed E-state index contributed by atoms with van der Waals surface area (Å²) in [6, 6.07) is 0.167. The Morgan fingerprint density at radius 1 is 1.50 bits per heavy atom. The predicted molar refractivity (Wildman–Crippen MR) is 85.4 cm³/mol. The quantitative estimate of drug-likeness (QED) is 0.909. The predicted octanol–water partition coefficient (Wildman–Crippen LogP) is 1.45. The second-order valence-corrected chi connectivity index (χ2v) is 6.61. The number of hydrogen-bond donors (Lipinski definition) is 1. The van der Waals surface area contributed by atoms with Crippen molar-refractivity contribution < 1.29 is 14.4 Å². The number of carbonyl (C=O) groups excluding carboxylic acids is 1.